The van der Waals surface area contributed by atoms with Crippen LogP contribution in [0.1, 0.15) is 44.2 Å². The molecule has 0 spiro atoms. The normalized spacial score (nSPS) is 18.7. The molecule has 0 saturated carbocycles. The Kier molecular flexibility index (Phi) is 10.8. The van der Waals surface area contributed by atoms with Gasteiger partial charge in [0, 0.05) is 11.3 Å². The van der Waals surface area contributed by atoms with Gasteiger partial charge in [-0.3, -0.25) is 9.59 Å². The molecule has 2 rings (SSSR count). The minimum Gasteiger partial charge on any atom is -0.469 e. The van der Waals surface area contributed by atoms with E-state index in [1.165, 1.54) is 20.0 Å². The fourth-order valence-corrected chi connectivity index (χ4v) is 3.82. The number of esters is 1. The molecule has 152 valence electrons. The van der Waals surface area contributed by atoms with Crippen LogP contribution in [0.25, 0.3) is 0 Å². The lowest BCUT2D eigenvalue weighted by Gasteiger charge is -2.28. The van der Waals surface area contributed by atoms with Gasteiger partial charge in [0.2, 0.25) is 5.91 Å². The van der Waals surface area contributed by atoms with Gasteiger partial charge in [-0.05, 0) is 61.7 Å². The highest BCUT2D eigenvalue weighted by molar-refractivity contribution is 7.98. The fraction of sp³-hybridized carbons (Fsp3) is 0.600. The van der Waals surface area contributed by atoms with Crippen LogP contribution in [0.5, 0.6) is 0 Å². The SMILES string of the molecule is COC(=O)CC(NC(=O)CC(C)C1CCCNC1)c1ccc(SC)cc1.Cl. The molecule has 27 heavy (non-hydrogen) atoms. The third kappa shape index (κ3) is 7.72. The van der Waals surface area contributed by atoms with Gasteiger partial charge in [-0.25, -0.2) is 0 Å². The third-order valence-corrected chi connectivity index (χ3v) is 5.84. The van der Waals surface area contributed by atoms with Gasteiger partial charge in [0.1, 0.15) is 0 Å². The van der Waals surface area contributed by atoms with Crippen molar-refractivity contribution in [3.8, 4) is 0 Å². The Hall–Kier alpha value is -1.24. The standard InChI is InChI=1S/C20H30N2O3S.ClH/c1-14(16-5-4-10-21-13-16)11-19(23)22-18(12-20(24)25-2)15-6-8-17(26-3)9-7-15;/h6-9,14,16,18,21H,4-5,10-13H2,1-3H3,(H,22,23);1H. The van der Waals surface area contributed by atoms with Crippen LogP contribution in [0, 0.1) is 11.8 Å². The number of carbonyl (C=O) groups excluding carboxylic acids is 2. The van der Waals surface area contributed by atoms with E-state index in [1.807, 2.05) is 30.5 Å². The van der Waals surface area contributed by atoms with E-state index in [-0.39, 0.29) is 36.7 Å². The molecule has 1 amide bonds. The van der Waals surface area contributed by atoms with Crippen LogP contribution in [-0.2, 0) is 14.3 Å². The number of halogens is 1. The van der Waals surface area contributed by atoms with Crippen molar-refractivity contribution in [2.75, 3.05) is 26.5 Å². The molecule has 1 aromatic rings. The number of methoxy groups -OCH3 is 1. The smallest absolute Gasteiger partial charge is 0.307 e. The highest BCUT2D eigenvalue weighted by atomic mass is 35.5. The maximum Gasteiger partial charge on any atom is 0.307 e. The molecule has 1 aromatic carbocycles. The number of benzene rings is 1. The Bertz CT molecular complexity index is 591. The van der Waals surface area contributed by atoms with E-state index in [0.717, 1.165) is 23.5 Å². The van der Waals surface area contributed by atoms with E-state index < -0.39 is 0 Å². The number of carbonyl (C=O) groups is 2. The fourth-order valence-electron chi connectivity index (χ4n) is 3.42. The molecule has 1 fully saturated rings. The third-order valence-electron chi connectivity index (χ3n) is 5.10. The number of thioether (sulfide) groups is 1. The zero-order valence-electron chi connectivity index (χ0n) is 16.3. The highest BCUT2D eigenvalue weighted by Gasteiger charge is 2.24. The number of rotatable bonds is 8. The van der Waals surface area contributed by atoms with Gasteiger partial charge in [-0.1, -0.05) is 19.1 Å². The van der Waals surface area contributed by atoms with E-state index in [9.17, 15) is 9.59 Å². The molecule has 5 nitrogen and oxygen atoms in total. The quantitative estimate of drug-likeness (QED) is 0.502. The number of amides is 1. The number of piperidine rings is 1. The summed E-state index contributed by atoms with van der Waals surface area (Å²) in [6.07, 6.45) is 4.98. The van der Waals surface area contributed by atoms with Crippen LogP contribution in [0.2, 0.25) is 0 Å². The highest BCUT2D eigenvalue weighted by Crippen LogP contribution is 2.25. The van der Waals surface area contributed by atoms with Crippen LogP contribution in [0.4, 0.5) is 0 Å². The summed E-state index contributed by atoms with van der Waals surface area (Å²) in [5.74, 6) is 0.523. The van der Waals surface area contributed by atoms with Gasteiger partial charge in [-0.2, -0.15) is 0 Å². The van der Waals surface area contributed by atoms with Crippen molar-refractivity contribution in [2.45, 2.75) is 43.5 Å². The minimum absolute atomic E-state index is 0. The average molecular weight is 415 g/mol. The Balaban J connectivity index is 0.00000364. The Morgan fingerprint density at radius 1 is 1.30 bits per heavy atom. The first kappa shape index (κ1) is 23.8. The number of hydrogen-bond donors (Lipinski definition) is 2. The Morgan fingerprint density at radius 2 is 2.00 bits per heavy atom. The second-order valence-electron chi connectivity index (χ2n) is 6.96. The van der Waals surface area contributed by atoms with Crippen LogP contribution in [-0.4, -0.2) is 38.3 Å². The molecule has 1 saturated heterocycles. The van der Waals surface area contributed by atoms with Gasteiger partial charge < -0.3 is 15.4 Å². The molecule has 1 heterocycles. The van der Waals surface area contributed by atoms with E-state index >= 15 is 0 Å². The molecule has 1 aliphatic heterocycles. The van der Waals surface area contributed by atoms with Gasteiger partial charge in [0.25, 0.3) is 0 Å². The molecule has 0 radical (unpaired) electrons. The van der Waals surface area contributed by atoms with E-state index in [1.54, 1.807) is 11.8 Å². The number of hydrogen-bond acceptors (Lipinski definition) is 5. The lowest BCUT2D eigenvalue weighted by Crippen LogP contribution is -2.36. The Morgan fingerprint density at radius 3 is 2.56 bits per heavy atom. The molecular weight excluding hydrogens is 384 g/mol. The first-order valence-electron chi connectivity index (χ1n) is 9.24. The monoisotopic (exact) mass is 414 g/mol. The summed E-state index contributed by atoms with van der Waals surface area (Å²) in [5, 5.41) is 6.44. The first-order chi connectivity index (χ1) is 12.5. The number of nitrogens with one attached hydrogen (secondary N) is 2. The lowest BCUT2D eigenvalue weighted by molar-refractivity contribution is -0.141. The van der Waals surface area contributed by atoms with E-state index in [0.29, 0.717) is 18.3 Å². The molecule has 2 N–H and O–H groups in total. The van der Waals surface area contributed by atoms with Crippen LogP contribution in [0.3, 0.4) is 0 Å². The van der Waals surface area contributed by atoms with Crippen molar-refractivity contribution < 1.29 is 14.3 Å². The average Bonchev–Trinajstić information content (AvgIpc) is 2.68. The summed E-state index contributed by atoms with van der Waals surface area (Å²) < 4.78 is 4.80. The van der Waals surface area contributed by atoms with E-state index in [4.69, 9.17) is 4.74 Å². The summed E-state index contributed by atoms with van der Waals surface area (Å²) in [6, 6.07) is 7.59. The maximum atomic E-state index is 12.6. The van der Waals surface area contributed by atoms with Crippen molar-refractivity contribution in [3.05, 3.63) is 29.8 Å². The van der Waals surface area contributed by atoms with Gasteiger partial charge >= 0.3 is 5.97 Å². The summed E-state index contributed by atoms with van der Waals surface area (Å²) in [7, 11) is 1.37. The maximum absolute atomic E-state index is 12.6. The lowest BCUT2D eigenvalue weighted by atomic mass is 9.85. The predicted octanol–water partition coefficient (Wildman–Crippen LogP) is 3.58. The summed E-state index contributed by atoms with van der Waals surface area (Å²) in [6.45, 7) is 4.19. The van der Waals surface area contributed by atoms with Crippen molar-refractivity contribution in [2.24, 2.45) is 11.8 Å². The van der Waals surface area contributed by atoms with Gasteiger partial charge in [0.05, 0.1) is 19.6 Å². The van der Waals surface area contributed by atoms with Crippen LogP contribution >= 0.6 is 24.2 Å². The first-order valence-corrected chi connectivity index (χ1v) is 10.5. The molecular formula is C20H31ClN2O3S. The summed E-state index contributed by atoms with van der Waals surface area (Å²) in [4.78, 5) is 25.5. The topological polar surface area (TPSA) is 67.4 Å². The second-order valence-corrected chi connectivity index (χ2v) is 7.84. The zero-order chi connectivity index (χ0) is 18.9. The van der Waals surface area contributed by atoms with Crippen LogP contribution in [0.15, 0.2) is 29.2 Å². The van der Waals surface area contributed by atoms with Crippen molar-refractivity contribution in [3.63, 3.8) is 0 Å². The van der Waals surface area contributed by atoms with Crippen molar-refractivity contribution in [1.82, 2.24) is 10.6 Å². The van der Waals surface area contributed by atoms with E-state index in [2.05, 4.69) is 17.6 Å². The molecule has 7 heteroatoms. The second kappa shape index (κ2) is 12.3. The Labute approximate surface area is 172 Å². The molecule has 0 bridgehead atoms. The largest absolute Gasteiger partial charge is 0.469 e. The number of ether oxygens (including phenoxy) is 1. The van der Waals surface area contributed by atoms with Crippen LogP contribution < -0.4 is 10.6 Å². The zero-order valence-corrected chi connectivity index (χ0v) is 18.0. The molecule has 3 atom stereocenters. The summed E-state index contributed by atoms with van der Waals surface area (Å²) in [5.41, 5.74) is 0.925. The molecule has 0 aliphatic carbocycles. The predicted molar refractivity (Wildman–Crippen MR) is 112 cm³/mol. The van der Waals surface area contributed by atoms with Gasteiger partial charge in [-0.15, -0.1) is 24.2 Å². The van der Waals surface area contributed by atoms with Gasteiger partial charge in [0.15, 0.2) is 0 Å². The van der Waals surface area contributed by atoms with Crippen molar-refractivity contribution >= 4 is 36.0 Å². The minimum atomic E-state index is -0.359. The summed E-state index contributed by atoms with van der Waals surface area (Å²) >= 11 is 1.66. The van der Waals surface area contributed by atoms with Crippen molar-refractivity contribution in [1.29, 1.82) is 0 Å². The molecule has 0 aromatic heterocycles. The molecule has 1 aliphatic rings. The molecule has 3 unspecified atom stereocenters.